The van der Waals surface area contributed by atoms with E-state index in [4.69, 9.17) is 23.2 Å². The fourth-order valence-corrected chi connectivity index (χ4v) is 3.65. The third kappa shape index (κ3) is 4.54. The Hall–Kier alpha value is -2.02. The number of nitrogens with one attached hydrogen (secondary N) is 1. The molecular formula is C17H13Cl2N3O2S. The first-order chi connectivity index (χ1) is 12.0. The highest BCUT2D eigenvalue weighted by Gasteiger charge is 2.30. The third-order valence-electron chi connectivity index (χ3n) is 3.48. The monoisotopic (exact) mass is 393 g/mol. The summed E-state index contributed by atoms with van der Waals surface area (Å²) in [5.41, 5.74) is 1.39. The number of thioether (sulfide) groups is 1. The number of nitrogens with zero attached hydrogens (tertiary/aromatic N) is 2. The summed E-state index contributed by atoms with van der Waals surface area (Å²) in [5, 5.41) is 21.4. The average molecular weight is 394 g/mol. The normalized spacial score (nSPS) is 18.9. The molecule has 1 aliphatic heterocycles. The maximum atomic E-state index is 12.1. The molecule has 1 fully saturated rings. The Balaban J connectivity index is 1.66. The Labute approximate surface area is 158 Å². The second-order valence-electron chi connectivity index (χ2n) is 5.24. The number of para-hydroxylation sites is 1. The Morgan fingerprint density at radius 3 is 2.80 bits per heavy atom. The van der Waals surface area contributed by atoms with E-state index >= 15 is 0 Å². The lowest BCUT2D eigenvalue weighted by atomic mass is 10.1. The smallest absolute Gasteiger partial charge is 0.239 e. The van der Waals surface area contributed by atoms with Crippen LogP contribution in [-0.2, 0) is 11.2 Å². The van der Waals surface area contributed by atoms with Gasteiger partial charge in [-0.15, -0.1) is 5.10 Å². The Bertz CT molecular complexity index is 871. The lowest BCUT2D eigenvalue weighted by Crippen LogP contribution is -2.26. The molecule has 2 aromatic carbocycles. The molecule has 0 unspecified atom stereocenters. The van der Waals surface area contributed by atoms with Gasteiger partial charge in [0.25, 0.3) is 0 Å². The van der Waals surface area contributed by atoms with Gasteiger partial charge in [0.05, 0.1) is 11.5 Å². The van der Waals surface area contributed by atoms with E-state index in [1.54, 1.807) is 36.4 Å². The van der Waals surface area contributed by atoms with Gasteiger partial charge in [0.15, 0.2) is 5.17 Å². The van der Waals surface area contributed by atoms with Gasteiger partial charge in [-0.05, 0) is 36.2 Å². The highest BCUT2D eigenvalue weighted by Crippen LogP contribution is 2.28. The molecule has 8 heteroatoms. The summed E-state index contributed by atoms with van der Waals surface area (Å²) in [4.78, 5) is 12.1. The summed E-state index contributed by atoms with van der Waals surface area (Å²) in [6.45, 7) is 0. The van der Waals surface area contributed by atoms with Crippen LogP contribution in [0.5, 0.6) is 5.75 Å². The van der Waals surface area contributed by atoms with Gasteiger partial charge in [0.2, 0.25) is 5.91 Å². The zero-order chi connectivity index (χ0) is 17.8. The van der Waals surface area contributed by atoms with E-state index in [9.17, 15) is 9.90 Å². The van der Waals surface area contributed by atoms with Gasteiger partial charge < -0.3 is 10.4 Å². The average Bonchev–Trinajstić information content (AvgIpc) is 2.92. The van der Waals surface area contributed by atoms with Crippen molar-refractivity contribution in [3.8, 4) is 5.75 Å². The maximum absolute atomic E-state index is 12.1. The quantitative estimate of drug-likeness (QED) is 0.611. The van der Waals surface area contributed by atoms with Crippen molar-refractivity contribution in [1.29, 1.82) is 0 Å². The van der Waals surface area contributed by atoms with E-state index in [0.717, 1.165) is 5.56 Å². The van der Waals surface area contributed by atoms with Crippen molar-refractivity contribution in [2.24, 2.45) is 10.2 Å². The molecule has 3 rings (SSSR count). The van der Waals surface area contributed by atoms with E-state index in [2.05, 4.69) is 15.5 Å². The van der Waals surface area contributed by atoms with E-state index in [1.807, 2.05) is 6.07 Å². The number of aromatic hydroxyl groups is 1. The SMILES string of the molecule is O=C1N/C(=N\N=C\c2ccccc2O)S[C@@H]1Cc1ccc(Cl)cc1Cl. The van der Waals surface area contributed by atoms with Gasteiger partial charge in [-0.25, -0.2) is 0 Å². The first-order valence-corrected chi connectivity index (χ1v) is 8.97. The number of phenolic OH excluding ortho intramolecular Hbond substituents is 1. The van der Waals surface area contributed by atoms with E-state index in [-0.39, 0.29) is 16.9 Å². The van der Waals surface area contributed by atoms with Crippen molar-refractivity contribution in [2.75, 3.05) is 0 Å². The standard InChI is InChI=1S/C17H13Cl2N3O2S/c18-12-6-5-10(13(19)8-12)7-15-16(24)21-17(25-15)22-20-9-11-3-1-2-4-14(11)23/h1-6,8-9,15,23H,7H2,(H,21,22,24)/b20-9+/t15-/m1/s1. The second kappa shape index (κ2) is 7.91. The van der Waals surface area contributed by atoms with Crippen LogP contribution < -0.4 is 5.32 Å². The zero-order valence-corrected chi connectivity index (χ0v) is 15.1. The summed E-state index contributed by atoms with van der Waals surface area (Å²) in [7, 11) is 0. The van der Waals surface area contributed by atoms with Crippen molar-refractivity contribution in [2.45, 2.75) is 11.7 Å². The summed E-state index contributed by atoms with van der Waals surface area (Å²) in [6, 6.07) is 12.0. The first-order valence-electron chi connectivity index (χ1n) is 7.33. The molecule has 1 amide bonds. The molecule has 0 saturated carbocycles. The molecule has 2 N–H and O–H groups in total. The van der Waals surface area contributed by atoms with Crippen molar-refractivity contribution in [1.82, 2.24) is 5.32 Å². The number of carbonyl (C=O) groups is 1. The molecule has 1 aliphatic rings. The molecule has 0 aliphatic carbocycles. The highest BCUT2D eigenvalue weighted by atomic mass is 35.5. The minimum atomic E-state index is -0.335. The fraction of sp³-hybridized carbons (Fsp3) is 0.118. The molecule has 2 aromatic rings. The van der Waals surface area contributed by atoms with Crippen molar-refractivity contribution in [3.63, 3.8) is 0 Å². The van der Waals surface area contributed by atoms with Gasteiger partial charge >= 0.3 is 0 Å². The third-order valence-corrected chi connectivity index (χ3v) is 5.14. The van der Waals surface area contributed by atoms with E-state index in [1.165, 1.54) is 18.0 Å². The first kappa shape index (κ1) is 17.8. The van der Waals surface area contributed by atoms with Gasteiger partial charge in [-0.3, -0.25) is 4.79 Å². The predicted octanol–water partition coefficient (Wildman–Crippen LogP) is 3.86. The van der Waals surface area contributed by atoms with Gasteiger partial charge in [-0.2, -0.15) is 5.10 Å². The van der Waals surface area contributed by atoms with Crippen LogP contribution in [0, 0.1) is 0 Å². The second-order valence-corrected chi connectivity index (χ2v) is 7.28. The molecule has 25 heavy (non-hydrogen) atoms. The summed E-state index contributed by atoms with van der Waals surface area (Å²) >= 11 is 13.3. The van der Waals surface area contributed by atoms with Crippen molar-refractivity contribution >= 4 is 52.3 Å². The number of halogens is 2. The van der Waals surface area contributed by atoms with Crippen LogP contribution >= 0.6 is 35.0 Å². The van der Waals surface area contributed by atoms with Crippen molar-refractivity contribution in [3.05, 3.63) is 63.6 Å². The number of amides is 1. The van der Waals surface area contributed by atoms with Crippen LogP contribution in [0.4, 0.5) is 0 Å². The number of phenols is 1. The van der Waals surface area contributed by atoms with Crippen LogP contribution in [0.2, 0.25) is 10.0 Å². The molecule has 1 saturated heterocycles. The lowest BCUT2D eigenvalue weighted by molar-refractivity contribution is -0.118. The Kier molecular flexibility index (Phi) is 5.63. The van der Waals surface area contributed by atoms with Crippen LogP contribution in [-0.4, -0.2) is 27.6 Å². The molecular weight excluding hydrogens is 381 g/mol. The number of amidine groups is 1. The Morgan fingerprint density at radius 2 is 2.04 bits per heavy atom. The van der Waals surface area contributed by atoms with Crippen LogP contribution in [0.3, 0.4) is 0 Å². The molecule has 0 bridgehead atoms. The number of hydrogen-bond acceptors (Lipinski definition) is 5. The summed E-state index contributed by atoms with van der Waals surface area (Å²) in [5.74, 6) is -0.0302. The number of benzene rings is 2. The largest absolute Gasteiger partial charge is 0.507 e. The van der Waals surface area contributed by atoms with Gasteiger partial charge in [0.1, 0.15) is 5.75 Å². The molecule has 1 atom stereocenters. The molecule has 128 valence electrons. The Morgan fingerprint density at radius 1 is 1.24 bits per heavy atom. The maximum Gasteiger partial charge on any atom is 0.239 e. The number of rotatable bonds is 4. The lowest BCUT2D eigenvalue weighted by Gasteiger charge is -2.07. The van der Waals surface area contributed by atoms with E-state index < -0.39 is 0 Å². The van der Waals surface area contributed by atoms with Crippen molar-refractivity contribution < 1.29 is 9.90 Å². The van der Waals surface area contributed by atoms with Gasteiger partial charge in [0, 0.05) is 15.6 Å². The topological polar surface area (TPSA) is 74.0 Å². The molecule has 0 spiro atoms. The number of hydrogen-bond donors (Lipinski definition) is 2. The fourth-order valence-electron chi connectivity index (χ4n) is 2.21. The molecule has 0 radical (unpaired) electrons. The van der Waals surface area contributed by atoms with Crippen LogP contribution in [0.15, 0.2) is 52.7 Å². The van der Waals surface area contributed by atoms with E-state index in [0.29, 0.717) is 27.2 Å². The molecule has 0 aromatic heterocycles. The van der Waals surface area contributed by atoms with Gasteiger partial charge in [-0.1, -0.05) is 53.2 Å². The number of carbonyl (C=O) groups excluding carboxylic acids is 1. The molecule has 1 heterocycles. The zero-order valence-electron chi connectivity index (χ0n) is 12.8. The summed E-state index contributed by atoms with van der Waals surface area (Å²) < 4.78 is 0. The minimum absolute atomic E-state index is 0.116. The van der Waals surface area contributed by atoms with Crippen LogP contribution in [0.25, 0.3) is 0 Å². The highest BCUT2D eigenvalue weighted by molar-refractivity contribution is 8.15. The minimum Gasteiger partial charge on any atom is -0.507 e. The molecule has 5 nitrogen and oxygen atoms in total. The summed E-state index contributed by atoms with van der Waals surface area (Å²) in [6.07, 6.45) is 1.90. The predicted molar refractivity (Wildman–Crippen MR) is 103 cm³/mol. The van der Waals surface area contributed by atoms with Crippen LogP contribution in [0.1, 0.15) is 11.1 Å².